The molecule has 21 heavy (non-hydrogen) atoms. The van der Waals surface area contributed by atoms with Gasteiger partial charge in [0.2, 0.25) is 0 Å². The lowest BCUT2D eigenvalue weighted by molar-refractivity contribution is 0.368. The summed E-state index contributed by atoms with van der Waals surface area (Å²) in [6.07, 6.45) is 0. The van der Waals surface area contributed by atoms with Crippen LogP contribution in [-0.2, 0) is 0 Å². The van der Waals surface area contributed by atoms with Crippen LogP contribution in [0, 0.1) is 18.3 Å². The van der Waals surface area contributed by atoms with E-state index in [4.69, 9.17) is 10.00 Å². The molecular formula is C17H20N2OS. The van der Waals surface area contributed by atoms with Crippen LogP contribution in [0.4, 0.5) is 0 Å². The maximum Gasteiger partial charge on any atom is 0.174 e. The first-order chi connectivity index (χ1) is 10.1. The summed E-state index contributed by atoms with van der Waals surface area (Å²) in [5.74, 6) is 0.731. The predicted molar refractivity (Wildman–Crippen MR) is 86.6 cm³/mol. The maximum absolute atomic E-state index is 8.50. The van der Waals surface area contributed by atoms with Crippen molar-refractivity contribution in [2.75, 3.05) is 6.61 Å². The fraction of sp³-hybridized carbons (Fsp3) is 0.353. The number of ether oxygens (including phenoxy) is 1. The van der Waals surface area contributed by atoms with E-state index in [1.54, 1.807) is 0 Å². The molecule has 0 saturated carbocycles. The van der Waals surface area contributed by atoms with Gasteiger partial charge in [0.25, 0.3) is 0 Å². The van der Waals surface area contributed by atoms with Gasteiger partial charge in [0.1, 0.15) is 11.8 Å². The molecule has 0 amide bonds. The first-order valence-electron chi connectivity index (χ1n) is 7.02. The molecule has 0 spiro atoms. The minimum atomic E-state index is 0.0852. The van der Waals surface area contributed by atoms with Crippen LogP contribution in [0.2, 0.25) is 0 Å². The number of thiophene rings is 1. The molecular weight excluding hydrogens is 280 g/mol. The number of hydrogen-bond acceptors (Lipinski definition) is 4. The quantitative estimate of drug-likeness (QED) is 0.861. The van der Waals surface area contributed by atoms with Gasteiger partial charge in [0, 0.05) is 21.8 Å². The first-order valence-corrected chi connectivity index (χ1v) is 7.84. The maximum atomic E-state index is 8.50. The summed E-state index contributed by atoms with van der Waals surface area (Å²) in [6, 6.07) is 14.8. The zero-order valence-electron chi connectivity index (χ0n) is 12.6. The SMILES string of the molecule is Cc1ccc(C(C)NC(C)c2ccc(OCC#N)cc2)s1. The van der Waals surface area contributed by atoms with Crippen LogP contribution in [0.25, 0.3) is 0 Å². The van der Waals surface area contributed by atoms with E-state index < -0.39 is 0 Å². The number of hydrogen-bond donors (Lipinski definition) is 1. The van der Waals surface area contributed by atoms with E-state index in [-0.39, 0.29) is 12.6 Å². The van der Waals surface area contributed by atoms with Gasteiger partial charge >= 0.3 is 0 Å². The zero-order valence-corrected chi connectivity index (χ0v) is 13.4. The van der Waals surface area contributed by atoms with E-state index in [0.717, 1.165) is 5.75 Å². The Kier molecular flexibility index (Phi) is 5.38. The summed E-state index contributed by atoms with van der Waals surface area (Å²) in [6.45, 7) is 6.56. The Balaban J connectivity index is 1.96. The number of benzene rings is 1. The van der Waals surface area contributed by atoms with Crippen molar-refractivity contribution in [3.8, 4) is 11.8 Å². The van der Waals surface area contributed by atoms with Gasteiger partial charge in [-0.1, -0.05) is 12.1 Å². The van der Waals surface area contributed by atoms with Crippen LogP contribution < -0.4 is 10.1 Å². The van der Waals surface area contributed by atoms with E-state index in [9.17, 15) is 0 Å². The fourth-order valence-electron chi connectivity index (χ4n) is 2.21. The van der Waals surface area contributed by atoms with Gasteiger partial charge < -0.3 is 10.1 Å². The van der Waals surface area contributed by atoms with Gasteiger partial charge in [-0.05, 0) is 50.6 Å². The van der Waals surface area contributed by atoms with Crippen molar-refractivity contribution in [3.05, 3.63) is 51.7 Å². The topological polar surface area (TPSA) is 45.0 Å². The third-order valence-electron chi connectivity index (χ3n) is 3.37. The largest absolute Gasteiger partial charge is 0.479 e. The molecule has 0 aliphatic rings. The Morgan fingerprint density at radius 2 is 1.86 bits per heavy atom. The highest BCUT2D eigenvalue weighted by atomic mass is 32.1. The lowest BCUT2D eigenvalue weighted by Crippen LogP contribution is -2.21. The van der Waals surface area contributed by atoms with Gasteiger partial charge in [-0.2, -0.15) is 5.26 Å². The molecule has 2 aromatic rings. The molecule has 1 heterocycles. The van der Waals surface area contributed by atoms with Crippen LogP contribution in [0.5, 0.6) is 5.75 Å². The number of nitrogens with one attached hydrogen (secondary N) is 1. The molecule has 0 bridgehead atoms. The van der Waals surface area contributed by atoms with Crippen LogP contribution in [0.1, 0.15) is 41.2 Å². The highest BCUT2D eigenvalue weighted by molar-refractivity contribution is 7.12. The molecule has 0 aliphatic heterocycles. The second-order valence-electron chi connectivity index (χ2n) is 5.07. The molecule has 4 heteroatoms. The van der Waals surface area contributed by atoms with Crippen molar-refractivity contribution in [2.45, 2.75) is 32.9 Å². The third-order valence-corrected chi connectivity index (χ3v) is 4.55. The molecule has 3 nitrogen and oxygen atoms in total. The molecule has 0 fully saturated rings. The van der Waals surface area contributed by atoms with Gasteiger partial charge in [-0.3, -0.25) is 0 Å². The smallest absolute Gasteiger partial charge is 0.174 e. The van der Waals surface area contributed by atoms with Crippen molar-refractivity contribution >= 4 is 11.3 Å². The number of aryl methyl sites for hydroxylation is 1. The number of nitriles is 1. The van der Waals surface area contributed by atoms with E-state index in [0.29, 0.717) is 6.04 Å². The molecule has 2 unspecified atom stereocenters. The molecule has 0 aliphatic carbocycles. The summed E-state index contributed by atoms with van der Waals surface area (Å²) in [7, 11) is 0. The summed E-state index contributed by atoms with van der Waals surface area (Å²) in [5.41, 5.74) is 1.21. The minimum Gasteiger partial charge on any atom is -0.479 e. The van der Waals surface area contributed by atoms with Crippen molar-refractivity contribution in [2.24, 2.45) is 0 Å². The van der Waals surface area contributed by atoms with Crippen molar-refractivity contribution in [1.29, 1.82) is 5.26 Å². The molecule has 0 radical (unpaired) electrons. The summed E-state index contributed by atoms with van der Waals surface area (Å²) < 4.78 is 5.26. The molecule has 1 aromatic carbocycles. The molecule has 2 rings (SSSR count). The first kappa shape index (κ1) is 15.6. The Hall–Kier alpha value is -1.83. The average molecular weight is 300 g/mol. The van der Waals surface area contributed by atoms with Crippen LogP contribution in [0.3, 0.4) is 0 Å². The van der Waals surface area contributed by atoms with Gasteiger partial charge in [-0.15, -0.1) is 11.3 Å². The summed E-state index contributed by atoms with van der Waals surface area (Å²) in [5, 5.41) is 12.1. The molecule has 0 saturated heterocycles. The lowest BCUT2D eigenvalue weighted by atomic mass is 10.1. The van der Waals surface area contributed by atoms with Crippen LogP contribution in [0.15, 0.2) is 36.4 Å². The number of nitrogens with zero attached hydrogens (tertiary/aromatic N) is 1. The van der Waals surface area contributed by atoms with Crippen molar-refractivity contribution in [3.63, 3.8) is 0 Å². The monoisotopic (exact) mass is 300 g/mol. The van der Waals surface area contributed by atoms with Gasteiger partial charge in [0.05, 0.1) is 0 Å². The second-order valence-corrected chi connectivity index (χ2v) is 6.39. The van der Waals surface area contributed by atoms with E-state index >= 15 is 0 Å². The van der Waals surface area contributed by atoms with Gasteiger partial charge in [0.15, 0.2) is 6.61 Å². The lowest BCUT2D eigenvalue weighted by Gasteiger charge is -2.19. The molecule has 1 aromatic heterocycles. The second kappa shape index (κ2) is 7.26. The Bertz CT molecular complexity index is 612. The summed E-state index contributed by atoms with van der Waals surface area (Å²) in [4.78, 5) is 2.69. The average Bonchev–Trinajstić information content (AvgIpc) is 2.92. The standard InChI is InChI=1S/C17H20N2OS/c1-12-4-9-17(21-12)14(3)19-13(2)15-5-7-16(8-6-15)20-11-10-18/h4-9,13-14,19H,11H2,1-3H3. The zero-order chi connectivity index (χ0) is 15.2. The van der Waals surface area contributed by atoms with Crippen molar-refractivity contribution in [1.82, 2.24) is 5.32 Å². The highest BCUT2D eigenvalue weighted by Crippen LogP contribution is 2.25. The fourth-order valence-corrected chi connectivity index (χ4v) is 3.10. The number of rotatable bonds is 6. The van der Waals surface area contributed by atoms with Gasteiger partial charge in [-0.25, -0.2) is 0 Å². The van der Waals surface area contributed by atoms with Crippen LogP contribution in [-0.4, -0.2) is 6.61 Å². The minimum absolute atomic E-state index is 0.0852. The normalized spacial score (nSPS) is 13.4. The predicted octanol–water partition coefficient (Wildman–Crippen LogP) is 4.37. The van der Waals surface area contributed by atoms with E-state index in [1.807, 2.05) is 41.7 Å². The highest BCUT2D eigenvalue weighted by Gasteiger charge is 2.12. The Morgan fingerprint density at radius 3 is 2.43 bits per heavy atom. The third kappa shape index (κ3) is 4.32. The van der Waals surface area contributed by atoms with E-state index in [1.165, 1.54) is 15.3 Å². The van der Waals surface area contributed by atoms with Crippen LogP contribution >= 0.6 is 11.3 Å². The molecule has 1 N–H and O–H groups in total. The summed E-state index contributed by atoms with van der Waals surface area (Å²) >= 11 is 1.83. The van der Waals surface area contributed by atoms with E-state index in [2.05, 4.69) is 38.2 Å². The van der Waals surface area contributed by atoms with Crippen molar-refractivity contribution < 1.29 is 4.74 Å². The molecule has 2 atom stereocenters. The Morgan fingerprint density at radius 1 is 1.14 bits per heavy atom. The molecule has 110 valence electrons. The Labute approximate surface area is 130 Å².